The third-order valence-electron chi connectivity index (χ3n) is 5.24. The number of sulfonamides is 1. The van der Waals surface area contributed by atoms with Gasteiger partial charge >= 0.3 is 5.97 Å². The van der Waals surface area contributed by atoms with Crippen LogP contribution in [0.1, 0.15) is 33.3 Å². The van der Waals surface area contributed by atoms with Crippen molar-refractivity contribution >= 4 is 27.5 Å². The quantitative estimate of drug-likeness (QED) is 0.400. The highest BCUT2D eigenvalue weighted by Gasteiger charge is 2.28. The van der Waals surface area contributed by atoms with Gasteiger partial charge < -0.3 is 4.74 Å². The van der Waals surface area contributed by atoms with Crippen LogP contribution >= 0.6 is 0 Å². The Balaban J connectivity index is 1.45. The van der Waals surface area contributed by atoms with E-state index in [2.05, 4.69) is 4.98 Å². The minimum atomic E-state index is -3.37. The average molecular weight is 457 g/mol. The number of anilines is 1. The topological polar surface area (TPSA) is 98.6 Å². The Kier molecular flexibility index (Phi) is 5.79. The van der Waals surface area contributed by atoms with Crippen molar-refractivity contribution in [2.24, 2.45) is 0 Å². The van der Waals surface area contributed by atoms with Gasteiger partial charge in [0.25, 0.3) is 0 Å². The molecule has 166 valence electrons. The monoisotopic (exact) mass is 457 g/mol. The number of carbonyl (C=O) groups is 2. The van der Waals surface area contributed by atoms with Crippen LogP contribution < -0.4 is 4.31 Å². The summed E-state index contributed by atoms with van der Waals surface area (Å²) in [6.45, 7) is 1.44. The Morgan fingerprint density at radius 3 is 2.62 bits per heavy atom. The summed E-state index contributed by atoms with van der Waals surface area (Å²) in [6.07, 6.45) is 3.20. The summed E-state index contributed by atoms with van der Waals surface area (Å²) in [5.41, 5.74) is 2.28. The van der Waals surface area contributed by atoms with Crippen molar-refractivity contribution in [3.05, 3.63) is 77.6 Å². The summed E-state index contributed by atoms with van der Waals surface area (Å²) in [5.74, 6) is -1.57. The molecule has 3 aromatic rings. The molecule has 0 N–H and O–H groups in total. The van der Waals surface area contributed by atoms with Crippen LogP contribution in [0.25, 0.3) is 5.69 Å². The molecule has 0 unspecified atom stereocenters. The van der Waals surface area contributed by atoms with E-state index in [1.165, 1.54) is 51.7 Å². The first-order valence-electron chi connectivity index (χ1n) is 9.92. The molecule has 0 aliphatic carbocycles. The fourth-order valence-corrected chi connectivity index (χ4v) is 4.69. The highest BCUT2D eigenvalue weighted by molar-refractivity contribution is 7.92. The van der Waals surface area contributed by atoms with Gasteiger partial charge in [-0.05, 0) is 61.4 Å². The van der Waals surface area contributed by atoms with Crippen molar-refractivity contribution in [3.8, 4) is 5.69 Å². The summed E-state index contributed by atoms with van der Waals surface area (Å²) in [5, 5.41) is 0. The molecule has 10 heteroatoms. The van der Waals surface area contributed by atoms with Crippen molar-refractivity contribution in [1.29, 1.82) is 0 Å². The van der Waals surface area contributed by atoms with E-state index in [9.17, 15) is 22.4 Å². The van der Waals surface area contributed by atoms with Crippen LogP contribution in [0.5, 0.6) is 0 Å². The molecule has 1 aliphatic rings. The second-order valence-electron chi connectivity index (χ2n) is 7.19. The summed E-state index contributed by atoms with van der Waals surface area (Å²) in [4.78, 5) is 29.0. The third kappa shape index (κ3) is 4.13. The highest BCUT2D eigenvalue weighted by Crippen LogP contribution is 2.31. The van der Waals surface area contributed by atoms with Crippen molar-refractivity contribution < 1.29 is 27.1 Å². The lowest BCUT2D eigenvalue weighted by Gasteiger charge is -2.18. The van der Waals surface area contributed by atoms with Gasteiger partial charge in [0.1, 0.15) is 5.82 Å². The van der Waals surface area contributed by atoms with Crippen molar-refractivity contribution in [3.63, 3.8) is 0 Å². The normalized spacial score (nSPS) is 13.1. The zero-order valence-corrected chi connectivity index (χ0v) is 18.0. The average Bonchev–Trinajstić information content (AvgIpc) is 3.45. The Labute approximate surface area is 184 Å². The van der Waals surface area contributed by atoms with Crippen LogP contribution in [-0.2, 0) is 21.2 Å². The molecule has 1 aromatic heterocycles. The number of rotatable bonds is 7. The Morgan fingerprint density at radius 1 is 1.16 bits per heavy atom. The third-order valence-corrected chi connectivity index (χ3v) is 7.02. The summed E-state index contributed by atoms with van der Waals surface area (Å²) >= 11 is 0. The Bertz CT molecular complexity index is 1290. The number of ketones is 1. The molecular weight excluding hydrogens is 437 g/mol. The molecule has 0 atom stereocenters. The molecule has 8 nitrogen and oxygen atoms in total. The highest BCUT2D eigenvalue weighted by atomic mass is 32.2. The maximum Gasteiger partial charge on any atom is 0.357 e. The van der Waals surface area contributed by atoms with Gasteiger partial charge in [0.2, 0.25) is 10.0 Å². The minimum Gasteiger partial charge on any atom is -0.453 e. The van der Waals surface area contributed by atoms with E-state index in [0.29, 0.717) is 29.9 Å². The van der Waals surface area contributed by atoms with Gasteiger partial charge in [-0.2, -0.15) is 0 Å². The van der Waals surface area contributed by atoms with Crippen LogP contribution in [0.4, 0.5) is 10.1 Å². The number of hydrogen-bond acceptors (Lipinski definition) is 6. The fourth-order valence-electron chi connectivity index (χ4n) is 3.53. The van der Waals surface area contributed by atoms with Gasteiger partial charge in [-0.15, -0.1) is 0 Å². The van der Waals surface area contributed by atoms with Gasteiger partial charge in [-0.3, -0.25) is 13.7 Å². The molecule has 2 heterocycles. The summed E-state index contributed by atoms with van der Waals surface area (Å²) in [7, 11) is -3.37. The van der Waals surface area contributed by atoms with Crippen LogP contribution in [0.3, 0.4) is 0 Å². The maximum absolute atomic E-state index is 13.2. The number of fused-ring (bicyclic) bond motifs is 1. The first-order chi connectivity index (χ1) is 15.3. The zero-order valence-electron chi connectivity index (χ0n) is 17.2. The van der Waals surface area contributed by atoms with E-state index in [1.807, 2.05) is 0 Å². The van der Waals surface area contributed by atoms with Crippen LogP contribution in [-0.4, -0.2) is 48.6 Å². The SMILES string of the molecule is CCS(=O)(=O)N1CCc2cc(C(=O)COC(=O)c3cncn3-c3ccc(F)cc3)ccc21. The number of ether oxygens (including phenoxy) is 1. The number of aromatic nitrogens is 2. The van der Waals surface area contributed by atoms with Gasteiger partial charge in [0, 0.05) is 17.8 Å². The Morgan fingerprint density at radius 2 is 1.91 bits per heavy atom. The molecule has 1 aliphatic heterocycles. The molecule has 4 rings (SSSR count). The van der Waals surface area contributed by atoms with Gasteiger partial charge in [-0.25, -0.2) is 22.6 Å². The smallest absolute Gasteiger partial charge is 0.357 e. The van der Waals surface area contributed by atoms with E-state index < -0.39 is 34.2 Å². The van der Waals surface area contributed by atoms with Crippen LogP contribution in [0.15, 0.2) is 55.0 Å². The molecule has 0 saturated carbocycles. The lowest BCUT2D eigenvalue weighted by molar-refractivity contribution is 0.0467. The standard InChI is InChI=1S/C22H20FN3O5S/c1-2-32(29,30)26-10-9-15-11-16(3-8-19(15)26)21(27)13-31-22(28)20-12-24-14-25(20)18-6-4-17(23)5-7-18/h3-8,11-12,14H,2,9-10,13H2,1H3. The van der Waals surface area contributed by atoms with E-state index in [1.54, 1.807) is 19.1 Å². The first-order valence-corrected chi connectivity index (χ1v) is 11.5. The predicted molar refractivity (Wildman–Crippen MR) is 115 cm³/mol. The van der Waals surface area contributed by atoms with Crippen molar-refractivity contribution in [2.45, 2.75) is 13.3 Å². The van der Waals surface area contributed by atoms with Crippen molar-refractivity contribution in [1.82, 2.24) is 9.55 Å². The number of hydrogen-bond donors (Lipinski definition) is 0. The van der Waals surface area contributed by atoms with Gasteiger partial charge in [-0.1, -0.05) is 0 Å². The number of imidazole rings is 1. The number of esters is 1. The zero-order chi connectivity index (χ0) is 22.9. The molecule has 2 aromatic carbocycles. The second kappa shape index (κ2) is 8.54. The number of carbonyl (C=O) groups excluding carboxylic acids is 2. The minimum absolute atomic E-state index is 0.00240. The maximum atomic E-state index is 13.2. The number of benzene rings is 2. The summed E-state index contributed by atoms with van der Waals surface area (Å²) < 4.78 is 45.5. The Hall–Kier alpha value is -3.53. The lowest BCUT2D eigenvalue weighted by Crippen LogP contribution is -2.30. The molecule has 0 amide bonds. The molecule has 0 saturated heterocycles. The molecule has 0 radical (unpaired) electrons. The fraction of sp³-hybridized carbons (Fsp3) is 0.227. The number of halogens is 1. The van der Waals surface area contributed by atoms with E-state index in [4.69, 9.17) is 4.74 Å². The van der Waals surface area contributed by atoms with E-state index in [0.717, 1.165) is 5.56 Å². The lowest BCUT2D eigenvalue weighted by atomic mass is 10.1. The number of nitrogens with zero attached hydrogens (tertiary/aromatic N) is 3. The molecule has 0 fully saturated rings. The molecule has 0 spiro atoms. The predicted octanol–water partition coefficient (Wildman–Crippen LogP) is 2.76. The van der Waals surface area contributed by atoms with Gasteiger partial charge in [0.15, 0.2) is 18.1 Å². The van der Waals surface area contributed by atoms with Crippen LogP contribution in [0, 0.1) is 5.82 Å². The van der Waals surface area contributed by atoms with Crippen LogP contribution in [0.2, 0.25) is 0 Å². The van der Waals surface area contributed by atoms with E-state index in [-0.39, 0.29) is 11.4 Å². The number of Topliss-reactive ketones (excluding diaryl/α,β-unsaturated/α-hetero) is 1. The largest absolute Gasteiger partial charge is 0.453 e. The second-order valence-corrected chi connectivity index (χ2v) is 9.37. The van der Waals surface area contributed by atoms with Crippen molar-refractivity contribution in [2.75, 3.05) is 23.2 Å². The molecule has 0 bridgehead atoms. The van der Waals surface area contributed by atoms with E-state index >= 15 is 0 Å². The molecular formula is C22H20FN3O5S. The summed E-state index contributed by atoms with van der Waals surface area (Å²) in [6, 6.07) is 10.3. The first kappa shape index (κ1) is 21.7. The molecule has 32 heavy (non-hydrogen) atoms. The van der Waals surface area contributed by atoms with Gasteiger partial charge in [0.05, 0.1) is 24.0 Å².